The van der Waals surface area contributed by atoms with Gasteiger partial charge < -0.3 is 10.6 Å². The highest BCUT2D eigenvalue weighted by Gasteiger charge is 2.21. The molecule has 2 aromatic heterocycles. The van der Waals surface area contributed by atoms with Gasteiger partial charge in [-0.2, -0.15) is 5.10 Å². The lowest BCUT2D eigenvalue weighted by molar-refractivity contribution is 0.751. The first-order chi connectivity index (χ1) is 7.74. The van der Waals surface area contributed by atoms with Crippen LogP contribution >= 0.6 is 0 Å². The fourth-order valence-electron chi connectivity index (χ4n) is 2.23. The zero-order valence-electron chi connectivity index (χ0n) is 9.30. The molecule has 1 fully saturated rings. The summed E-state index contributed by atoms with van der Waals surface area (Å²) in [5.74, 6) is 1.04. The van der Waals surface area contributed by atoms with E-state index in [1.54, 1.807) is 10.7 Å². The van der Waals surface area contributed by atoms with Gasteiger partial charge in [0.05, 0.1) is 6.20 Å². The maximum absolute atomic E-state index is 5.92. The van der Waals surface area contributed by atoms with Gasteiger partial charge in [0.15, 0.2) is 5.65 Å². The summed E-state index contributed by atoms with van der Waals surface area (Å²) in [6.45, 7) is 3.96. The number of aryl methyl sites for hydroxylation is 1. The van der Waals surface area contributed by atoms with Crippen molar-refractivity contribution < 1.29 is 0 Å². The molecule has 3 rings (SSSR count). The molecule has 0 spiro atoms. The Morgan fingerprint density at radius 1 is 1.50 bits per heavy atom. The van der Waals surface area contributed by atoms with Crippen molar-refractivity contribution in [2.45, 2.75) is 19.4 Å². The van der Waals surface area contributed by atoms with Crippen LogP contribution in [0, 0.1) is 6.92 Å². The topological polar surface area (TPSA) is 59.5 Å². The van der Waals surface area contributed by atoms with Crippen molar-refractivity contribution in [2.75, 3.05) is 18.0 Å². The van der Waals surface area contributed by atoms with Crippen molar-refractivity contribution >= 4 is 11.5 Å². The zero-order valence-corrected chi connectivity index (χ0v) is 9.30. The van der Waals surface area contributed by atoms with Crippen LogP contribution in [0.25, 0.3) is 5.65 Å². The molecule has 16 heavy (non-hydrogen) atoms. The van der Waals surface area contributed by atoms with Gasteiger partial charge in [-0.3, -0.25) is 0 Å². The average Bonchev–Trinajstić information content (AvgIpc) is 2.84. The van der Waals surface area contributed by atoms with Crippen LogP contribution in [0.5, 0.6) is 0 Å². The van der Waals surface area contributed by atoms with Crippen LogP contribution < -0.4 is 10.6 Å². The van der Waals surface area contributed by atoms with Crippen molar-refractivity contribution in [3.63, 3.8) is 0 Å². The van der Waals surface area contributed by atoms with E-state index in [-0.39, 0.29) is 6.04 Å². The molecule has 2 N–H and O–H groups in total. The molecule has 5 heteroatoms. The van der Waals surface area contributed by atoms with Crippen LogP contribution in [-0.4, -0.2) is 33.7 Å². The van der Waals surface area contributed by atoms with E-state index in [1.807, 2.05) is 12.3 Å². The molecule has 0 bridgehead atoms. The minimum atomic E-state index is 0.280. The third-order valence-corrected chi connectivity index (χ3v) is 3.06. The maximum atomic E-state index is 5.92. The molecule has 3 heterocycles. The molecule has 0 aromatic carbocycles. The highest BCUT2D eigenvalue weighted by molar-refractivity contribution is 5.53. The van der Waals surface area contributed by atoms with Gasteiger partial charge in [-0.1, -0.05) is 0 Å². The molecule has 84 valence electrons. The number of hydrogen-bond donors (Lipinski definition) is 1. The molecule has 0 saturated carbocycles. The first-order valence-corrected chi connectivity index (χ1v) is 5.55. The summed E-state index contributed by atoms with van der Waals surface area (Å²) in [4.78, 5) is 6.88. The molecule has 1 aliphatic rings. The van der Waals surface area contributed by atoms with Gasteiger partial charge in [0.25, 0.3) is 0 Å². The van der Waals surface area contributed by atoms with E-state index in [9.17, 15) is 0 Å². The Labute approximate surface area is 93.9 Å². The van der Waals surface area contributed by atoms with Gasteiger partial charge in [0.1, 0.15) is 5.82 Å². The molecule has 1 saturated heterocycles. The van der Waals surface area contributed by atoms with Crippen LogP contribution in [0.3, 0.4) is 0 Å². The smallest absolute Gasteiger partial charge is 0.157 e. The Hall–Kier alpha value is -1.62. The zero-order chi connectivity index (χ0) is 11.1. The Morgan fingerprint density at radius 3 is 3.12 bits per heavy atom. The number of fused-ring (bicyclic) bond motifs is 1. The normalized spacial score (nSPS) is 20.9. The molecule has 5 nitrogen and oxygen atoms in total. The van der Waals surface area contributed by atoms with Crippen LogP contribution in [0.15, 0.2) is 18.5 Å². The fraction of sp³-hybridized carbons (Fsp3) is 0.455. The van der Waals surface area contributed by atoms with E-state index in [0.717, 1.165) is 36.5 Å². The van der Waals surface area contributed by atoms with E-state index in [1.165, 1.54) is 0 Å². The van der Waals surface area contributed by atoms with Crippen LogP contribution in [-0.2, 0) is 0 Å². The Balaban J connectivity index is 2.05. The van der Waals surface area contributed by atoms with Crippen molar-refractivity contribution in [1.82, 2.24) is 14.6 Å². The highest BCUT2D eigenvalue weighted by atomic mass is 15.3. The minimum Gasteiger partial charge on any atom is -0.355 e. The molecule has 0 aliphatic carbocycles. The lowest BCUT2D eigenvalue weighted by atomic mass is 10.3. The van der Waals surface area contributed by atoms with Gasteiger partial charge in [0, 0.05) is 37.0 Å². The quantitative estimate of drug-likeness (QED) is 0.759. The number of aromatic nitrogens is 3. The first-order valence-electron chi connectivity index (χ1n) is 5.55. The third kappa shape index (κ3) is 1.44. The predicted octanol–water partition coefficient (Wildman–Crippen LogP) is 0.575. The molecular weight excluding hydrogens is 202 g/mol. The van der Waals surface area contributed by atoms with Crippen LogP contribution in [0.4, 0.5) is 5.82 Å². The van der Waals surface area contributed by atoms with E-state index < -0.39 is 0 Å². The monoisotopic (exact) mass is 217 g/mol. The Bertz CT molecular complexity index is 518. The largest absolute Gasteiger partial charge is 0.355 e. The molecule has 0 radical (unpaired) electrons. The first kappa shape index (κ1) is 9.59. The summed E-state index contributed by atoms with van der Waals surface area (Å²) >= 11 is 0. The summed E-state index contributed by atoms with van der Waals surface area (Å²) in [5, 5.41) is 4.17. The second-order valence-corrected chi connectivity index (χ2v) is 4.38. The molecule has 1 aliphatic heterocycles. The third-order valence-electron chi connectivity index (χ3n) is 3.06. The summed E-state index contributed by atoms with van der Waals surface area (Å²) in [6, 6.07) is 2.20. The van der Waals surface area contributed by atoms with E-state index >= 15 is 0 Å². The fourth-order valence-corrected chi connectivity index (χ4v) is 2.23. The van der Waals surface area contributed by atoms with E-state index in [0.29, 0.717) is 0 Å². The van der Waals surface area contributed by atoms with Gasteiger partial charge in [-0.05, 0) is 13.3 Å². The standard InChI is InChI=1S/C11H15N5/c1-8-6-16-10(2-4-13-16)14-11(8)15-5-3-9(12)7-15/h2,4,6,9H,3,5,7,12H2,1H3. The summed E-state index contributed by atoms with van der Waals surface area (Å²) in [7, 11) is 0. The van der Waals surface area contributed by atoms with Crippen LogP contribution in [0.2, 0.25) is 0 Å². The van der Waals surface area contributed by atoms with E-state index in [2.05, 4.69) is 21.9 Å². The number of nitrogens with two attached hydrogens (primary N) is 1. The lowest BCUT2D eigenvalue weighted by Crippen LogP contribution is -2.27. The molecule has 0 amide bonds. The highest BCUT2D eigenvalue weighted by Crippen LogP contribution is 2.21. The summed E-state index contributed by atoms with van der Waals surface area (Å²) < 4.78 is 1.80. The molecule has 1 unspecified atom stereocenters. The summed E-state index contributed by atoms with van der Waals surface area (Å²) in [6.07, 6.45) is 4.83. The lowest BCUT2D eigenvalue weighted by Gasteiger charge is -2.19. The Morgan fingerprint density at radius 2 is 2.38 bits per heavy atom. The molecule has 2 aromatic rings. The number of anilines is 1. The van der Waals surface area contributed by atoms with Crippen molar-refractivity contribution in [3.8, 4) is 0 Å². The summed E-state index contributed by atoms with van der Waals surface area (Å²) in [5.41, 5.74) is 7.95. The minimum absolute atomic E-state index is 0.280. The molecular formula is C11H15N5. The molecule has 1 atom stereocenters. The Kier molecular flexibility index (Phi) is 2.07. The van der Waals surface area contributed by atoms with Crippen molar-refractivity contribution in [1.29, 1.82) is 0 Å². The van der Waals surface area contributed by atoms with Gasteiger partial charge in [0.2, 0.25) is 0 Å². The SMILES string of the molecule is Cc1cn2nccc2nc1N1CCC(N)C1. The number of rotatable bonds is 1. The van der Waals surface area contributed by atoms with Crippen molar-refractivity contribution in [2.24, 2.45) is 5.73 Å². The number of hydrogen-bond acceptors (Lipinski definition) is 4. The maximum Gasteiger partial charge on any atom is 0.157 e. The van der Waals surface area contributed by atoms with E-state index in [4.69, 9.17) is 5.73 Å². The van der Waals surface area contributed by atoms with Gasteiger partial charge in [-0.25, -0.2) is 9.50 Å². The average molecular weight is 217 g/mol. The van der Waals surface area contributed by atoms with Crippen molar-refractivity contribution in [3.05, 3.63) is 24.0 Å². The van der Waals surface area contributed by atoms with Gasteiger partial charge >= 0.3 is 0 Å². The van der Waals surface area contributed by atoms with Gasteiger partial charge in [-0.15, -0.1) is 0 Å². The second kappa shape index (κ2) is 3.45. The predicted molar refractivity (Wildman–Crippen MR) is 62.5 cm³/mol. The van der Waals surface area contributed by atoms with Crippen LogP contribution in [0.1, 0.15) is 12.0 Å². The second-order valence-electron chi connectivity index (χ2n) is 4.38. The number of nitrogens with zero attached hydrogens (tertiary/aromatic N) is 4.